The van der Waals surface area contributed by atoms with Crippen LogP contribution >= 0.6 is 11.9 Å². The van der Waals surface area contributed by atoms with Crippen LogP contribution in [-0.2, 0) is 24.6 Å². The van der Waals surface area contributed by atoms with Crippen LogP contribution in [0.2, 0.25) is 0 Å². The molecule has 2 aliphatic rings. The smallest absolute Gasteiger partial charge is 0.207 e. The predicted molar refractivity (Wildman–Crippen MR) is 173 cm³/mol. The summed E-state index contributed by atoms with van der Waals surface area (Å²) in [6.45, 7) is 24.1. The fraction of sp³-hybridized carbons (Fsp3) is 0.727. The second-order valence-corrected chi connectivity index (χ2v) is 11.8. The van der Waals surface area contributed by atoms with Crippen LogP contribution in [0.4, 0.5) is 0 Å². The van der Waals surface area contributed by atoms with Gasteiger partial charge in [-0.15, -0.1) is 6.58 Å². The molecule has 1 aromatic rings. The number of hydrogen-bond donors (Lipinski definition) is 2. The molecule has 2 N–H and O–H groups in total. The van der Waals surface area contributed by atoms with E-state index in [1.54, 1.807) is 25.1 Å². The molecule has 4 atom stereocenters. The maximum Gasteiger partial charge on any atom is 0.207 e. The van der Waals surface area contributed by atoms with E-state index in [0.29, 0.717) is 24.3 Å². The minimum atomic E-state index is -0.554. The SMILES string of the molecule is C=CC.CC.CC(C)CN(CCCNC=O)Sc1ccc(C2(O)CC2)cc1.CCOC1OCC(C(C)OC)C1CC. The topological polar surface area (TPSA) is 80.3 Å². The van der Waals surface area contributed by atoms with Crippen LogP contribution in [0, 0.1) is 17.8 Å². The van der Waals surface area contributed by atoms with Gasteiger partial charge in [-0.2, -0.15) is 0 Å². The number of allylic oxidation sites excluding steroid dienone is 1. The molecule has 1 amide bonds. The van der Waals surface area contributed by atoms with Gasteiger partial charge in [-0.05, 0) is 82.0 Å². The highest BCUT2D eigenvalue weighted by Gasteiger charge is 2.42. The Hall–Kier alpha value is -1.42. The first-order chi connectivity index (χ1) is 19.7. The zero-order valence-corrected chi connectivity index (χ0v) is 28.2. The van der Waals surface area contributed by atoms with Gasteiger partial charge in [0.1, 0.15) is 0 Å². The van der Waals surface area contributed by atoms with Gasteiger partial charge in [-0.1, -0.05) is 52.8 Å². The molecular formula is C33H60N2O5S. The van der Waals surface area contributed by atoms with Crippen molar-refractivity contribution in [1.82, 2.24) is 9.62 Å². The Labute approximate surface area is 255 Å². The van der Waals surface area contributed by atoms with Gasteiger partial charge in [-0.3, -0.25) is 4.79 Å². The summed E-state index contributed by atoms with van der Waals surface area (Å²) in [5, 5.41) is 12.8. The molecule has 7 nitrogen and oxygen atoms in total. The molecule has 1 saturated heterocycles. The molecule has 41 heavy (non-hydrogen) atoms. The van der Waals surface area contributed by atoms with Crippen LogP contribution in [-0.4, -0.2) is 68.2 Å². The number of nitrogens with one attached hydrogen (secondary N) is 1. The molecule has 1 aliphatic carbocycles. The number of carbonyl (C=O) groups is 1. The Balaban J connectivity index is 0.000000723. The Morgan fingerprint density at radius 1 is 1.22 bits per heavy atom. The first-order valence-electron chi connectivity index (χ1n) is 15.4. The van der Waals surface area contributed by atoms with Gasteiger partial charge in [0, 0.05) is 50.1 Å². The van der Waals surface area contributed by atoms with Gasteiger partial charge >= 0.3 is 0 Å². The number of methoxy groups -OCH3 is 1. The summed E-state index contributed by atoms with van der Waals surface area (Å²) in [6, 6.07) is 8.26. The number of benzene rings is 1. The second kappa shape index (κ2) is 23.1. The number of rotatable bonds is 15. The van der Waals surface area contributed by atoms with Crippen LogP contribution in [0.5, 0.6) is 0 Å². The maximum absolute atomic E-state index is 10.3. The summed E-state index contributed by atoms with van der Waals surface area (Å²) in [5.74, 6) is 1.55. The van der Waals surface area contributed by atoms with Crippen molar-refractivity contribution < 1.29 is 24.1 Å². The number of carbonyl (C=O) groups excluding carboxylic acids is 1. The first-order valence-corrected chi connectivity index (χ1v) is 16.2. The fourth-order valence-electron chi connectivity index (χ4n) is 4.52. The number of amides is 1. The third-order valence-corrected chi connectivity index (χ3v) is 7.93. The van der Waals surface area contributed by atoms with Crippen LogP contribution in [0.1, 0.15) is 86.6 Å². The number of aliphatic hydroxyl groups is 1. The summed E-state index contributed by atoms with van der Waals surface area (Å²) in [6.07, 6.45) is 6.52. The quantitative estimate of drug-likeness (QED) is 0.0972. The predicted octanol–water partition coefficient (Wildman–Crippen LogP) is 7.04. The monoisotopic (exact) mass is 596 g/mol. The van der Waals surface area contributed by atoms with Crippen molar-refractivity contribution in [2.75, 3.05) is 40.0 Å². The molecule has 238 valence electrons. The third kappa shape index (κ3) is 15.6. The average molecular weight is 597 g/mol. The van der Waals surface area contributed by atoms with E-state index in [4.69, 9.17) is 14.2 Å². The van der Waals surface area contributed by atoms with Crippen LogP contribution in [0.3, 0.4) is 0 Å². The largest absolute Gasteiger partial charge is 0.385 e. The van der Waals surface area contributed by atoms with Gasteiger partial charge in [0.05, 0.1) is 18.3 Å². The highest BCUT2D eigenvalue weighted by Crippen LogP contribution is 2.45. The summed E-state index contributed by atoms with van der Waals surface area (Å²) in [5.41, 5.74) is 0.476. The van der Waals surface area contributed by atoms with Crippen molar-refractivity contribution in [3.8, 4) is 0 Å². The zero-order valence-electron chi connectivity index (χ0n) is 27.4. The van der Waals surface area contributed by atoms with E-state index in [0.717, 1.165) is 64.0 Å². The molecule has 0 radical (unpaired) electrons. The molecule has 8 heteroatoms. The van der Waals surface area contributed by atoms with E-state index in [2.05, 4.69) is 56.0 Å². The first kappa shape index (κ1) is 39.6. The lowest BCUT2D eigenvalue weighted by molar-refractivity contribution is -0.128. The Morgan fingerprint density at radius 3 is 2.29 bits per heavy atom. The minimum Gasteiger partial charge on any atom is -0.385 e. The van der Waals surface area contributed by atoms with Crippen molar-refractivity contribution in [2.45, 2.75) is 104 Å². The molecular weight excluding hydrogens is 536 g/mol. The van der Waals surface area contributed by atoms with E-state index in [1.807, 2.05) is 39.8 Å². The molecule has 1 heterocycles. The van der Waals surface area contributed by atoms with Gasteiger partial charge in [0.2, 0.25) is 6.41 Å². The Kier molecular flexibility index (Phi) is 22.3. The van der Waals surface area contributed by atoms with E-state index in [1.165, 1.54) is 4.90 Å². The second-order valence-electron chi connectivity index (χ2n) is 10.6. The van der Waals surface area contributed by atoms with Gasteiger partial charge in [-0.25, -0.2) is 4.31 Å². The van der Waals surface area contributed by atoms with Gasteiger partial charge < -0.3 is 24.6 Å². The lowest BCUT2D eigenvalue weighted by Crippen LogP contribution is -2.29. The van der Waals surface area contributed by atoms with Crippen LogP contribution in [0.25, 0.3) is 0 Å². The van der Waals surface area contributed by atoms with Gasteiger partial charge in [0.15, 0.2) is 6.29 Å². The Bertz CT molecular complexity index is 788. The summed E-state index contributed by atoms with van der Waals surface area (Å²) in [7, 11) is 1.76. The number of ether oxygens (including phenoxy) is 3. The molecule has 1 aliphatic heterocycles. The highest BCUT2D eigenvalue weighted by atomic mass is 32.2. The highest BCUT2D eigenvalue weighted by molar-refractivity contribution is 7.97. The summed E-state index contributed by atoms with van der Waals surface area (Å²) >= 11 is 1.75. The normalized spacial score (nSPS) is 20.9. The molecule has 0 aromatic heterocycles. The van der Waals surface area contributed by atoms with Crippen molar-refractivity contribution in [1.29, 1.82) is 0 Å². The van der Waals surface area contributed by atoms with Crippen molar-refractivity contribution in [3.63, 3.8) is 0 Å². The number of hydrogen-bond acceptors (Lipinski definition) is 7. The zero-order chi connectivity index (χ0) is 31.3. The van der Waals surface area contributed by atoms with E-state index in [-0.39, 0.29) is 12.4 Å². The van der Waals surface area contributed by atoms with Crippen molar-refractivity contribution in [3.05, 3.63) is 42.5 Å². The maximum atomic E-state index is 10.3. The molecule has 3 rings (SSSR count). The van der Waals surface area contributed by atoms with Crippen molar-refractivity contribution in [2.24, 2.45) is 17.8 Å². The van der Waals surface area contributed by atoms with Gasteiger partial charge in [0.25, 0.3) is 0 Å². The molecule has 0 bridgehead atoms. The van der Waals surface area contributed by atoms with E-state index >= 15 is 0 Å². The fourth-order valence-corrected chi connectivity index (χ4v) is 5.67. The average Bonchev–Trinajstić information content (AvgIpc) is 3.59. The van der Waals surface area contributed by atoms with Crippen LogP contribution < -0.4 is 5.32 Å². The summed E-state index contributed by atoms with van der Waals surface area (Å²) < 4.78 is 18.9. The van der Waals surface area contributed by atoms with E-state index < -0.39 is 5.60 Å². The summed E-state index contributed by atoms with van der Waals surface area (Å²) in [4.78, 5) is 11.5. The number of nitrogens with zero attached hydrogens (tertiary/aromatic N) is 1. The standard InChI is InChI=1S/C17H26N2O2S.C11H22O3.C3H6.C2H6/c1-14(2)12-19(11-3-10-18-13-20)22-16-6-4-15(5-7-16)17(21)8-9-17;1-5-9-10(8(3)12-4)7-14-11(9)13-6-2;1-3-2;1-2/h4-7,13-14,21H,3,8-12H2,1-2H3,(H,18,20);8-11H,5-7H2,1-4H3;3H,1H2,2H3;1-2H3. The lowest BCUT2D eigenvalue weighted by atomic mass is 9.88. The molecule has 4 unspecified atom stereocenters. The molecule has 1 saturated carbocycles. The Morgan fingerprint density at radius 2 is 1.83 bits per heavy atom. The van der Waals surface area contributed by atoms with Crippen molar-refractivity contribution >= 4 is 18.4 Å². The third-order valence-electron chi connectivity index (χ3n) is 6.86. The van der Waals surface area contributed by atoms with E-state index in [9.17, 15) is 9.90 Å². The minimum absolute atomic E-state index is 0.0207. The molecule has 2 fully saturated rings. The van der Waals surface area contributed by atoms with Crippen LogP contribution in [0.15, 0.2) is 41.8 Å². The lowest BCUT2D eigenvalue weighted by Gasteiger charge is -2.24. The molecule has 0 spiro atoms. The molecule has 1 aromatic carbocycles.